The van der Waals surface area contributed by atoms with Crippen molar-refractivity contribution < 1.29 is 9.90 Å². The summed E-state index contributed by atoms with van der Waals surface area (Å²) in [6.07, 6.45) is 6.04. The van der Waals surface area contributed by atoms with Gasteiger partial charge in [-0.05, 0) is 69.2 Å². The van der Waals surface area contributed by atoms with Crippen molar-refractivity contribution in [1.29, 1.82) is 0 Å². The zero-order valence-corrected chi connectivity index (χ0v) is 12.9. The minimum atomic E-state index is -0.564. The van der Waals surface area contributed by atoms with Crippen LogP contribution in [0.4, 0.5) is 0 Å². The second kappa shape index (κ2) is 5.90. The van der Waals surface area contributed by atoms with Gasteiger partial charge >= 0.3 is 0 Å². The number of rotatable bonds is 3. The lowest BCUT2D eigenvalue weighted by Crippen LogP contribution is -2.32. The van der Waals surface area contributed by atoms with Crippen molar-refractivity contribution >= 4 is 5.78 Å². The van der Waals surface area contributed by atoms with E-state index in [1.807, 2.05) is 13.0 Å². The average Bonchev–Trinajstić information content (AvgIpc) is 2.84. The molecule has 0 bridgehead atoms. The van der Waals surface area contributed by atoms with Crippen molar-refractivity contribution in [3.63, 3.8) is 0 Å². The van der Waals surface area contributed by atoms with E-state index in [0.29, 0.717) is 6.54 Å². The summed E-state index contributed by atoms with van der Waals surface area (Å²) in [4.78, 5) is 14.7. The van der Waals surface area contributed by atoms with Gasteiger partial charge in [0.15, 0.2) is 5.78 Å². The second-order valence-corrected chi connectivity index (χ2v) is 6.89. The Morgan fingerprint density at radius 2 is 2.00 bits per heavy atom. The van der Waals surface area contributed by atoms with E-state index in [1.165, 1.54) is 17.5 Å². The average molecular weight is 287 g/mol. The third-order valence-electron chi connectivity index (χ3n) is 4.94. The van der Waals surface area contributed by atoms with Gasteiger partial charge in [0.05, 0.1) is 12.1 Å². The molecule has 0 radical (unpaired) electrons. The lowest BCUT2D eigenvalue weighted by atomic mass is 9.98. The third kappa shape index (κ3) is 3.53. The molecule has 1 N–H and O–H groups in total. The maximum absolute atomic E-state index is 12.5. The number of Topliss-reactive ketones (excluding diaryl/α,β-unsaturated/α-hetero) is 1. The van der Waals surface area contributed by atoms with E-state index < -0.39 is 5.60 Å². The number of nitrogens with zero attached hydrogens (tertiary/aromatic N) is 1. The molecule has 1 aromatic carbocycles. The van der Waals surface area contributed by atoms with Gasteiger partial charge in [-0.15, -0.1) is 0 Å². The molecule has 0 spiro atoms. The number of fused-ring (bicyclic) bond motifs is 1. The molecular weight excluding hydrogens is 262 g/mol. The Balaban J connectivity index is 1.63. The number of aliphatic hydroxyl groups is 1. The molecule has 3 nitrogen and oxygen atoms in total. The lowest BCUT2D eigenvalue weighted by molar-refractivity contribution is 0.0444. The van der Waals surface area contributed by atoms with Crippen molar-refractivity contribution in [3.8, 4) is 0 Å². The molecule has 114 valence electrons. The molecule has 21 heavy (non-hydrogen) atoms. The first-order valence-electron chi connectivity index (χ1n) is 8.13. The van der Waals surface area contributed by atoms with E-state index in [-0.39, 0.29) is 5.78 Å². The zero-order chi connectivity index (χ0) is 14.9. The molecule has 0 aromatic heterocycles. The molecule has 1 heterocycles. The molecule has 1 atom stereocenters. The Kier molecular flexibility index (Phi) is 4.14. The molecular formula is C18H25NO2. The second-order valence-electron chi connectivity index (χ2n) is 6.89. The Morgan fingerprint density at radius 1 is 1.19 bits per heavy atom. The van der Waals surface area contributed by atoms with Crippen LogP contribution in [0.3, 0.4) is 0 Å². The molecule has 0 saturated carbocycles. The van der Waals surface area contributed by atoms with Crippen molar-refractivity contribution in [2.75, 3.05) is 19.6 Å². The van der Waals surface area contributed by atoms with Crippen molar-refractivity contribution in [2.24, 2.45) is 0 Å². The highest BCUT2D eigenvalue weighted by atomic mass is 16.3. The minimum Gasteiger partial charge on any atom is -0.390 e. The monoisotopic (exact) mass is 287 g/mol. The molecule has 3 heteroatoms. The van der Waals surface area contributed by atoms with Gasteiger partial charge in [0.1, 0.15) is 0 Å². The fraction of sp³-hybridized carbons (Fsp3) is 0.611. The van der Waals surface area contributed by atoms with Gasteiger partial charge in [-0.3, -0.25) is 9.69 Å². The van der Waals surface area contributed by atoms with E-state index in [4.69, 9.17) is 0 Å². The first-order valence-corrected chi connectivity index (χ1v) is 8.13. The highest BCUT2D eigenvalue weighted by Gasteiger charge is 2.26. The smallest absolute Gasteiger partial charge is 0.176 e. The number of benzene rings is 1. The van der Waals surface area contributed by atoms with Crippen molar-refractivity contribution in [1.82, 2.24) is 4.90 Å². The first kappa shape index (κ1) is 14.7. The Hall–Kier alpha value is -1.19. The Bertz CT molecular complexity index is 536. The van der Waals surface area contributed by atoms with Crippen LogP contribution in [0, 0.1) is 0 Å². The number of carbonyl (C=O) groups excluding carboxylic acids is 1. The van der Waals surface area contributed by atoms with Crippen molar-refractivity contribution in [3.05, 3.63) is 34.9 Å². The van der Waals surface area contributed by atoms with Crippen LogP contribution in [0.2, 0.25) is 0 Å². The number of hydrogen-bond acceptors (Lipinski definition) is 3. The Morgan fingerprint density at radius 3 is 2.86 bits per heavy atom. The van der Waals surface area contributed by atoms with Crippen LogP contribution >= 0.6 is 0 Å². The van der Waals surface area contributed by atoms with Crippen LogP contribution in [-0.2, 0) is 12.8 Å². The maximum atomic E-state index is 12.5. The number of likely N-dealkylation sites (tertiary alicyclic amines) is 1. The molecule has 2 aliphatic rings. The number of carbonyl (C=O) groups is 1. The van der Waals surface area contributed by atoms with Gasteiger partial charge in [-0.25, -0.2) is 0 Å². The zero-order valence-electron chi connectivity index (χ0n) is 12.9. The van der Waals surface area contributed by atoms with Crippen LogP contribution in [-0.4, -0.2) is 41.0 Å². The summed E-state index contributed by atoms with van der Waals surface area (Å²) < 4.78 is 0. The Labute approximate surface area is 127 Å². The standard InChI is InChI=1S/C18H25NO2/c1-18(21)8-3-10-19(11-9-18)13-17(20)16-7-6-14-4-2-5-15(14)12-16/h6-7,12,21H,2-5,8-11,13H2,1H3. The topological polar surface area (TPSA) is 40.5 Å². The molecule has 1 fully saturated rings. The van der Waals surface area contributed by atoms with Crippen LogP contribution in [0.5, 0.6) is 0 Å². The highest BCUT2D eigenvalue weighted by molar-refractivity contribution is 5.97. The fourth-order valence-electron chi connectivity index (χ4n) is 3.52. The van der Waals surface area contributed by atoms with Gasteiger partial charge in [-0.2, -0.15) is 0 Å². The minimum absolute atomic E-state index is 0.214. The largest absolute Gasteiger partial charge is 0.390 e. The summed E-state index contributed by atoms with van der Waals surface area (Å²) in [5, 5.41) is 10.1. The molecule has 0 amide bonds. The highest BCUT2D eigenvalue weighted by Crippen LogP contribution is 2.24. The van der Waals surface area contributed by atoms with Gasteiger partial charge in [-0.1, -0.05) is 12.1 Å². The maximum Gasteiger partial charge on any atom is 0.176 e. The summed E-state index contributed by atoms with van der Waals surface area (Å²) in [6.45, 7) is 4.10. The molecule has 3 rings (SSSR count). The van der Waals surface area contributed by atoms with Crippen LogP contribution in [0.25, 0.3) is 0 Å². The molecule has 1 aliphatic carbocycles. The van der Waals surface area contributed by atoms with E-state index in [0.717, 1.165) is 50.8 Å². The molecule has 1 unspecified atom stereocenters. The van der Waals surface area contributed by atoms with Crippen LogP contribution in [0.15, 0.2) is 18.2 Å². The summed E-state index contributed by atoms with van der Waals surface area (Å²) in [7, 11) is 0. The quantitative estimate of drug-likeness (QED) is 0.869. The van der Waals surface area contributed by atoms with Gasteiger partial charge in [0.25, 0.3) is 0 Å². The number of aryl methyl sites for hydroxylation is 2. The summed E-state index contributed by atoms with van der Waals surface area (Å²) in [5.41, 5.74) is 3.06. The summed E-state index contributed by atoms with van der Waals surface area (Å²) in [6, 6.07) is 6.21. The molecule has 1 saturated heterocycles. The number of ketones is 1. The molecule has 1 aromatic rings. The molecule has 1 aliphatic heterocycles. The van der Waals surface area contributed by atoms with E-state index in [1.54, 1.807) is 0 Å². The predicted molar refractivity (Wildman–Crippen MR) is 83.7 cm³/mol. The van der Waals surface area contributed by atoms with Gasteiger partial charge in [0, 0.05) is 12.1 Å². The third-order valence-corrected chi connectivity index (χ3v) is 4.94. The van der Waals surface area contributed by atoms with Crippen LogP contribution < -0.4 is 0 Å². The van der Waals surface area contributed by atoms with Crippen molar-refractivity contribution in [2.45, 2.75) is 51.0 Å². The SMILES string of the molecule is CC1(O)CCCN(CC(=O)c2ccc3c(c2)CCC3)CC1. The number of hydrogen-bond donors (Lipinski definition) is 1. The summed E-state index contributed by atoms with van der Waals surface area (Å²) in [5.74, 6) is 0.214. The van der Waals surface area contributed by atoms with E-state index in [9.17, 15) is 9.90 Å². The van der Waals surface area contributed by atoms with E-state index in [2.05, 4.69) is 17.0 Å². The predicted octanol–water partition coefficient (Wildman–Crippen LogP) is 2.59. The van der Waals surface area contributed by atoms with E-state index >= 15 is 0 Å². The first-order chi connectivity index (χ1) is 10.0. The van der Waals surface area contributed by atoms with Gasteiger partial charge in [0.2, 0.25) is 0 Å². The normalized spacial score (nSPS) is 26.4. The fourth-order valence-corrected chi connectivity index (χ4v) is 3.52. The van der Waals surface area contributed by atoms with Crippen LogP contribution in [0.1, 0.15) is 54.1 Å². The van der Waals surface area contributed by atoms with Gasteiger partial charge < -0.3 is 5.11 Å². The summed E-state index contributed by atoms with van der Waals surface area (Å²) >= 11 is 0. The lowest BCUT2D eigenvalue weighted by Gasteiger charge is -2.22.